The van der Waals surface area contributed by atoms with Crippen LogP contribution < -0.4 is 9.47 Å². The van der Waals surface area contributed by atoms with Crippen LogP contribution in [-0.4, -0.2) is 38.0 Å². The summed E-state index contributed by atoms with van der Waals surface area (Å²) in [6.07, 6.45) is 1.67. The maximum Gasteiger partial charge on any atom is 0.243 e. The Labute approximate surface area is 158 Å². The Morgan fingerprint density at radius 1 is 1.07 bits per heavy atom. The molecule has 0 fully saturated rings. The van der Waals surface area contributed by atoms with Gasteiger partial charge in [0.1, 0.15) is 13.2 Å². The Hall–Kier alpha value is -2.64. The summed E-state index contributed by atoms with van der Waals surface area (Å²) < 4.78 is 38.8. The number of hydrogen-bond acceptors (Lipinski definition) is 5. The van der Waals surface area contributed by atoms with E-state index in [1.165, 1.54) is 4.31 Å². The lowest BCUT2D eigenvalue weighted by molar-refractivity contribution is 0.171. The first-order valence-electron chi connectivity index (χ1n) is 8.66. The third-order valence-corrected chi connectivity index (χ3v) is 6.49. The van der Waals surface area contributed by atoms with E-state index in [1.807, 2.05) is 25.1 Å². The van der Waals surface area contributed by atoms with Gasteiger partial charge in [-0.15, -0.1) is 0 Å². The van der Waals surface area contributed by atoms with E-state index in [9.17, 15) is 8.42 Å². The number of benzene rings is 2. The summed E-state index contributed by atoms with van der Waals surface area (Å²) in [4.78, 5) is 4.59. The average molecular weight is 384 g/mol. The largest absolute Gasteiger partial charge is 0.486 e. The van der Waals surface area contributed by atoms with Gasteiger partial charge in [-0.1, -0.05) is 12.1 Å². The smallest absolute Gasteiger partial charge is 0.243 e. The van der Waals surface area contributed by atoms with Crippen molar-refractivity contribution < 1.29 is 17.9 Å². The van der Waals surface area contributed by atoms with Gasteiger partial charge in [0.2, 0.25) is 10.0 Å². The van der Waals surface area contributed by atoms with E-state index in [4.69, 9.17) is 9.47 Å². The number of sulfonamides is 1. The van der Waals surface area contributed by atoms with Crippen molar-refractivity contribution in [2.75, 3.05) is 20.3 Å². The van der Waals surface area contributed by atoms with Crippen molar-refractivity contribution in [1.29, 1.82) is 0 Å². The van der Waals surface area contributed by atoms with Crippen molar-refractivity contribution in [2.45, 2.75) is 18.4 Å². The van der Waals surface area contributed by atoms with E-state index in [1.54, 1.807) is 37.5 Å². The van der Waals surface area contributed by atoms with Crippen LogP contribution in [0.1, 0.15) is 11.1 Å². The number of rotatable bonds is 4. The monoisotopic (exact) mass is 384 g/mol. The van der Waals surface area contributed by atoms with Crippen LogP contribution >= 0.6 is 0 Å². The molecule has 0 amide bonds. The highest BCUT2D eigenvalue weighted by atomic mass is 32.2. The van der Waals surface area contributed by atoms with E-state index in [-0.39, 0.29) is 11.4 Å². The van der Waals surface area contributed by atoms with Crippen LogP contribution in [-0.2, 0) is 16.6 Å². The van der Waals surface area contributed by atoms with Crippen molar-refractivity contribution in [3.05, 3.63) is 59.8 Å². The minimum absolute atomic E-state index is 0.231. The molecule has 1 aliphatic heterocycles. The number of aromatic nitrogens is 1. The zero-order valence-electron chi connectivity index (χ0n) is 15.2. The van der Waals surface area contributed by atoms with Gasteiger partial charge in [0.05, 0.1) is 10.4 Å². The van der Waals surface area contributed by atoms with Gasteiger partial charge >= 0.3 is 0 Å². The van der Waals surface area contributed by atoms with Crippen LogP contribution in [0.5, 0.6) is 11.5 Å². The molecule has 1 aliphatic rings. The van der Waals surface area contributed by atoms with Gasteiger partial charge < -0.3 is 9.47 Å². The van der Waals surface area contributed by atoms with Gasteiger partial charge in [-0.2, -0.15) is 4.31 Å². The molecule has 27 heavy (non-hydrogen) atoms. The molecule has 4 rings (SSSR count). The SMILES string of the molecule is Cc1ccc(S(=O)(=O)N(C)Cc2ccc3c(c2)OCCO3)c2cccnc12. The van der Waals surface area contributed by atoms with E-state index in [0.29, 0.717) is 35.6 Å². The molecule has 7 heteroatoms. The molecule has 0 spiro atoms. The maximum atomic E-state index is 13.2. The van der Waals surface area contributed by atoms with Crippen LogP contribution in [0.25, 0.3) is 10.9 Å². The van der Waals surface area contributed by atoms with Crippen molar-refractivity contribution in [1.82, 2.24) is 9.29 Å². The van der Waals surface area contributed by atoms with Crippen LogP contribution in [0.15, 0.2) is 53.6 Å². The summed E-state index contributed by atoms with van der Waals surface area (Å²) in [6.45, 7) is 3.17. The number of fused-ring (bicyclic) bond motifs is 2. The van der Waals surface area contributed by atoms with Crippen molar-refractivity contribution in [3.8, 4) is 11.5 Å². The van der Waals surface area contributed by atoms with Gasteiger partial charge in [0.25, 0.3) is 0 Å². The molecule has 0 saturated heterocycles. The molecule has 1 aromatic heterocycles. The third-order valence-electron chi connectivity index (χ3n) is 4.63. The van der Waals surface area contributed by atoms with E-state index >= 15 is 0 Å². The Kier molecular flexibility index (Phi) is 4.49. The van der Waals surface area contributed by atoms with Crippen molar-refractivity contribution in [3.63, 3.8) is 0 Å². The summed E-state index contributed by atoms with van der Waals surface area (Å²) in [5.41, 5.74) is 2.48. The fourth-order valence-electron chi connectivity index (χ4n) is 3.21. The molecule has 6 nitrogen and oxygen atoms in total. The molecule has 3 aromatic rings. The Balaban J connectivity index is 1.67. The van der Waals surface area contributed by atoms with Crippen LogP contribution in [0.4, 0.5) is 0 Å². The lowest BCUT2D eigenvalue weighted by atomic mass is 10.1. The molecule has 0 saturated carbocycles. The summed E-state index contributed by atoms with van der Waals surface area (Å²) >= 11 is 0. The Bertz CT molecular complexity index is 1110. The predicted octanol–water partition coefficient (Wildman–Crippen LogP) is 3.14. The Morgan fingerprint density at radius 2 is 1.85 bits per heavy atom. The highest BCUT2D eigenvalue weighted by molar-refractivity contribution is 7.89. The van der Waals surface area contributed by atoms with Gasteiger partial charge in [0, 0.05) is 25.2 Å². The maximum absolute atomic E-state index is 13.2. The van der Waals surface area contributed by atoms with Crippen LogP contribution in [0.3, 0.4) is 0 Å². The van der Waals surface area contributed by atoms with E-state index < -0.39 is 10.0 Å². The summed E-state index contributed by atoms with van der Waals surface area (Å²) in [6, 6.07) is 12.5. The number of nitrogens with zero attached hydrogens (tertiary/aromatic N) is 2. The highest BCUT2D eigenvalue weighted by Crippen LogP contribution is 2.32. The molecule has 0 bridgehead atoms. The average Bonchev–Trinajstić information content (AvgIpc) is 2.68. The number of pyridine rings is 1. The molecular formula is C20H20N2O4S. The van der Waals surface area contributed by atoms with Gasteiger partial charge in [-0.25, -0.2) is 8.42 Å². The Morgan fingerprint density at radius 3 is 2.67 bits per heavy atom. The first kappa shape index (κ1) is 17.8. The molecule has 0 unspecified atom stereocenters. The van der Waals surface area contributed by atoms with Crippen molar-refractivity contribution in [2.24, 2.45) is 0 Å². The zero-order chi connectivity index (χ0) is 19.0. The zero-order valence-corrected chi connectivity index (χ0v) is 16.0. The lowest BCUT2D eigenvalue weighted by Gasteiger charge is -2.21. The van der Waals surface area contributed by atoms with Crippen LogP contribution in [0.2, 0.25) is 0 Å². The first-order chi connectivity index (χ1) is 13.0. The molecular weight excluding hydrogens is 364 g/mol. The van der Waals surface area contributed by atoms with E-state index in [2.05, 4.69) is 4.98 Å². The second-order valence-corrected chi connectivity index (χ2v) is 8.53. The molecule has 140 valence electrons. The summed E-state index contributed by atoms with van der Waals surface area (Å²) in [5, 5.41) is 0.631. The molecule has 0 aliphatic carbocycles. The third kappa shape index (κ3) is 3.24. The molecule has 0 N–H and O–H groups in total. The number of hydrogen-bond donors (Lipinski definition) is 0. The summed E-state index contributed by atoms with van der Waals surface area (Å²) in [7, 11) is -2.10. The second kappa shape index (κ2) is 6.83. The van der Waals surface area contributed by atoms with Gasteiger partial charge in [-0.05, 0) is 48.4 Å². The fraction of sp³-hybridized carbons (Fsp3) is 0.250. The quantitative estimate of drug-likeness (QED) is 0.691. The minimum Gasteiger partial charge on any atom is -0.486 e. The topological polar surface area (TPSA) is 68.7 Å². The van der Waals surface area contributed by atoms with Gasteiger partial charge in [-0.3, -0.25) is 4.98 Å². The van der Waals surface area contributed by atoms with Crippen LogP contribution in [0, 0.1) is 6.92 Å². The lowest BCUT2D eigenvalue weighted by Crippen LogP contribution is -2.27. The molecule has 2 aromatic carbocycles. The van der Waals surface area contributed by atoms with Gasteiger partial charge in [0.15, 0.2) is 11.5 Å². The second-order valence-electron chi connectivity index (χ2n) is 6.52. The predicted molar refractivity (Wildman–Crippen MR) is 103 cm³/mol. The summed E-state index contributed by atoms with van der Waals surface area (Å²) in [5.74, 6) is 1.33. The van der Waals surface area contributed by atoms with E-state index in [0.717, 1.165) is 11.1 Å². The number of ether oxygens (including phenoxy) is 2. The minimum atomic E-state index is -3.68. The van der Waals surface area contributed by atoms with Crippen molar-refractivity contribution >= 4 is 20.9 Å². The number of aryl methyl sites for hydroxylation is 1. The fourth-order valence-corrected chi connectivity index (χ4v) is 4.55. The molecule has 2 heterocycles. The highest BCUT2D eigenvalue weighted by Gasteiger charge is 2.24. The normalized spacial score (nSPS) is 13.9. The first-order valence-corrected chi connectivity index (χ1v) is 10.1. The molecule has 0 radical (unpaired) electrons. The molecule has 0 atom stereocenters. The standard InChI is InChI=1S/C20H20N2O4S/c1-14-5-8-19(16-4-3-9-21-20(14)16)27(23,24)22(2)13-15-6-7-17-18(12-15)26-11-10-25-17/h3-9,12H,10-11,13H2,1-2H3.